The summed E-state index contributed by atoms with van der Waals surface area (Å²) in [5, 5.41) is 14.6. The summed E-state index contributed by atoms with van der Waals surface area (Å²) in [4.78, 5) is 33.3. The van der Waals surface area contributed by atoms with E-state index in [0.29, 0.717) is 39.4 Å². The molecule has 0 bridgehead atoms. The zero-order chi connectivity index (χ0) is 24.2. The number of halogens is 2. The van der Waals surface area contributed by atoms with Crippen molar-refractivity contribution < 1.29 is 9.59 Å². The summed E-state index contributed by atoms with van der Waals surface area (Å²) < 4.78 is 2.94. The predicted octanol–water partition coefficient (Wildman–Crippen LogP) is 4.18. The minimum atomic E-state index is -0.526. The first-order chi connectivity index (χ1) is 16.4. The molecule has 2 amide bonds. The predicted molar refractivity (Wildman–Crippen MR) is 129 cm³/mol. The van der Waals surface area contributed by atoms with Gasteiger partial charge in [-0.1, -0.05) is 36.2 Å². The van der Waals surface area contributed by atoms with E-state index in [1.807, 2.05) is 6.92 Å². The van der Waals surface area contributed by atoms with Crippen LogP contribution in [0.15, 0.2) is 55.1 Å². The van der Waals surface area contributed by atoms with Gasteiger partial charge in [0.05, 0.1) is 10.0 Å². The smallest absolute Gasteiger partial charge is 0.295 e. The molecule has 10 nitrogen and oxygen atoms in total. The highest BCUT2D eigenvalue weighted by Gasteiger charge is 2.20. The van der Waals surface area contributed by atoms with Gasteiger partial charge in [-0.2, -0.15) is 5.10 Å². The molecule has 34 heavy (non-hydrogen) atoms. The van der Waals surface area contributed by atoms with Crippen molar-refractivity contribution in [1.29, 1.82) is 0 Å². The quantitative estimate of drug-likeness (QED) is 0.394. The Kier molecular flexibility index (Phi) is 6.90. The molecule has 0 saturated heterocycles. The fourth-order valence-corrected chi connectivity index (χ4v) is 3.71. The van der Waals surface area contributed by atoms with Gasteiger partial charge in [-0.25, -0.2) is 19.3 Å². The van der Waals surface area contributed by atoms with Gasteiger partial charge in [-0.15, -0.1) is 5.10 Å². The molecule has 0 radical (unpaired) electrons. The Morgan fingerprint density at radius 1 is 1.03 bits per heavy atom. The Labute approximate surface area is 204 Å². The number of aryl methyl sites for hydroxylation is 1. The Bertz CT molecular complexity index is 1300. The summed E-state index contributed by atoms with van der Waals surface area (Å²) in [6.07, 6.45) is 3.36. The van der Waals surface area contributed by atoms with E-state index in [9.17, 15) is 9.59 Å². The number of hydrogen-bond acceptors (Lipinski definition) is 6. The van der Waals surface area contributed by atoms with Crippen LogP contribution >= 0.6 is 23.2 Å². The monoisotopic (exact) mass is 498 g/mol. The third-order valence-corrected chi connectivity index (χ3v) is 5.58. The van der Waals surface area contributed by atoms with Crippen LogP contribution in [0.25, 0.3) is 5.69 Å². The molecule has 4 rings (SSSR count). The first-order valence-corrected chi connectivity index (χ1v) is 11.1. The molecule has 2 aromatic heterocycles. The normalized spacial score (nSPS) is 11.8. The van der Waals surface area contributed by atoms with E-state index < -0.39 is 11.9 Å². The summed E-state index contributed by atoms with van der Waals surface area (Å²) >= 11 is 12.6. The molecule has 0 aliphatic carbocycles. The van der Waals surface area contributed by atoms with Crippen molar-refractivity contribution in [2.45, 2.75) is 26.3 Å². The second-order valence-corrected chi connectivity index (χ2v) is 8.07. The molecular formula is C22H20Cl2N8O2. The second kappa shape index (κ2) is 10.0. The molecule has 0 fully saturated rings. The average Bonchev–Trinajstić information content (AvgIpc) is 3.50. The maximum absolute atomic E-state index is 12.8. The summed E-state index contributed by atoms with van der Waals surface area (Å²) in [5.41, 5.74) is 1.55. The van der Waals surface area contributed by atoms with Crippen molar-refractivity contribution >= 4 is 46.4 Å². The number of carbonyl (C=O) groups excluding carboxylic acids is 2. The van der Waals surface area contributed by atoms with Gasteiger partial charge in [0.15, 0.2) is 0 Å². The molecule has 4 aromatic rings. The van der Waals surface area contributed by atoms with Gasteiger partial charge in [0.2, 0.25) is 11.7 Å². The van der Waals surface area contributed by atoms with Crippen LogP contribution in [0.3, 0.4) is 0 Å². The molecule has 0 saturated carbocycles. The highest BCUT2D eigenvalue weighted by atomic mass is 35.5. The summed E-state index contributed by atoms with van der Waals surface area (Å²) in [6.45, 7) is 3.61. The average molecular weight is 499 g/mol. The van der Waals surface area contributed by atoms with Gasteiger partial charge in [-0.3, -0.25) is 9.59 Å². The summed E-state index contributed by atoms with van der Waals surface area (Å²) in [5.74, 6) is -0.220. The lowest BCUT2D eigenvalue weighted by atomic mass is 10.2. The number of benzene rings is 2. The summed E-state index contributed by atoms with van der Waals surface area (Å²) in [6, 6.07) is 11.3. The van der Waals surface area contributed by atoms with Crippen LogP contribution in [0.2, 0.25) is 10.0 Å². The number of hydrogen-bond donors (Lipinski definition) is 2. The van der Waals surface area contributed by atoms with E-state index in [-0.39, 0.29) is 11.7 Å². The molecule has 12 heteroatoms. The first-order valence-electron chi connectivity index (χ1n) is 10.3. The SMILES string of the molecule is CCc1nc(C(=O)Nc2ccc(NC(=O)[C@@H](C)n3cncn3)cc2)nn1-c1c(Cl)cccc1Cl. The molecule has 2 N–H and O–H groups in total. The van der Waals surface area contributed by atoms with Gasteiger partial charge in [0.1, 0.15) is 30.2 Å². The van der Waals surface area contributed by atoms with Crippen LogP contribution in [-0.4, -0.2) is 41.3 Å². The minimum absolute atomic E-state index is 0.0214. The Hall–Kier alpha value is -3.76. The highest BCUT2D eigenvalue weighted by molar-refractivity contribution is 6.37. The lowest BCUT2D eigenvalue weighted by Crippen LogP contribution is -2.24. The molecule has 0 aliphatic rings. The fraction of sp³-hybridized carbons (Fsp3) is 0.182. The number of carbonyl (C=O) groups is 2. The van der Waals surface area contributed by atoms with Gasteiger partial charge < -0.3 is 10.6 Å². The number of amides is 2. The van der Waals surface area contributed by atoms with Gasteiger partial charge in [0.25, 0.3) is 5.91 Å². The number of para-hydroxylation sites is 1. The second-order valence-electron chi connectivity index (χ2n) is 7.26. The van der Waals surface area contributed by atoms with E-state index in [2.05, 4.69) is 30.8 Å². The molecule has 0 aliphatic heterocycles. The zero-order valence-electron chi connectivity index (χ0n) is 18.2. The Balaban J connectivity index is 1.46. The largest absolute Gasteiger partial charge is 0.324 e. The minimum Gasteiger partial charge on any atom is -0.324 e. The van der Waals surface area contributed by atoms with Gasteiger partial charge in [0, 0.05) is 17.8 Å². The molecule has 0 spiro atoms. The third-order valence-electron chi connectivity index (χ3n) is 4.97. The van der Waals surface area contributed by atoms with E-state index in [1.54, 1.807) is 49.4 Å². The Morgan fingerprint density at radius 3 is 2.26 bits per heavy atom. The maximum Gasteiger partial charge on any atom is 0.295 e. The van der Waals surface area contributed by atoms with Gasteiger partial charge >= 0.3 is 0 Å². The molecule has 0 unspecified atom stereocenters. The van der Waals surface area contributed by atoms with Crippen molar-refractivity contribution in [1.82, 2.24) is 29.5 Å². The highest BCUT2D eigenvalue weighted by Crippen LogP contribution is 2.29. The van der Waals surface area contributed by atoms with E-state index in [1.165, 1.54) is 22.0 Å². The first kappa shape index (κ1) is 23.4. The molecule has 174 valence electrons. The maximum atomic E-state index is 12.8. The zero-order valence-corrected chi connectivity index (χ0v) is 19.7. The van der Waals surface area contributed by atoms with E-state index in [4.69, 9.17) is 23.2 Å². The number of anilines is 2. The standard InChI is InChI=1S/C22H20Cl2N8O2/c1-3-18-29-20(30-32(18)19-16(23)5-4-6-17(19)24)22(34)28-15-9-7-14(8-10-15)27-21(33)13(2)31-12-25-11-26-31/h4-13H,3H2,1-2H3,(H,27,33)(H,28,34)/t13-/m1/s1. The fourth-order valence-electron chi connectivity index (χ4n) is 3.15. The van der Waals surface area contributed by atoms with Crippen LogP contribution in [0.1, 0.15) is 36.3 Å². The molecule has 2 aromatic carbocycles. The third kappa shape index (κ3) is 4.92. The Morgan fingerprint density at radius 2 is 1.68 bits per heavy atom. The van der Waals surface area contributed by atoms with Crippen molar-refractivity contribution in [3.63, 3.8) is 0 Å². The lowest BCUT2D eigenvalue weighted by molar-refractivity contribution is -0.119. The van der Waals surface area contributed by atoms with E-state index in [0.717, 1.165) is 0 Å². The van der Waals surface area contributed by atoms with Crippen molar-refractivity contribution in [3.8, 4) is 5.69 Å². The number of aromatic nitrogens is 6. The number of nitrogens with one attached hydrogen (secondary N) is 2. The van der Waals surface area contributed by atoms with Crippen molar-refractivity contribution in [2.24, 2.45) is 0 Å². The number of nitrogens with zero attached hydrogens (tertiary/aromatic N) is 6. The molecular weight excluding hydrogens is 479 g/mol. The van der Waals surface area contributed by atoms with Crippen LogP contribution < -0.4 is 10.6 Å². The number of rotatable bonds is 7. The summed E-state index contributed by atoms with van der Waals surface area (Å²) in [7, 11) is 0. The van der Waals surface area contributed by atoms with Crippen molar-refractivity contribution in [2.75, 3.05) is 10.6 Å². The van der Waals surface area contributed by atoms with Crippen LogP contribution in [0.4, 0.5) is 11.4 Å². The van der Waals surface area contributed by atoms with Crippen molar-refractivity contribution in [3.05, 3.63) is 76.8 Å². The topological polar surface area (TPSA) is 120 Å². The van der Waals surface area contributed by atoms with Crippen LogP contribution in [0, 0.1) is 0 Å². The van der Waals surface area contributed by atoms with Crippen LogP contribution in [-0.2, 0) is 11.2 Å². The lowest BCUT2D eigenvalue weighted by Gasteiger charge is -2.12. The van der Waals surface area contributed by atoms with Crippen LogP contribution in [0.5, 0.6) is 0 Å². The molecule has 1 atom stereocenters. The molecule has 2 heterocycles. The van der Waals surface area contributed by atoms with Gasteiger partial charge in [-0.05, 0) is 43.3 Å². The van der Waals surface area contributed by atoms with E-state index >= 15 is 0 Å².